The molecule has 0 aliphatic heterocycles. The van der Waals surface area contributed by atoms with Gasteiger partial charge < -0.3 is 20.1 Å². The lowest BCUT2D eigenvalue weighted by Gasteiger charge is -2.18. The quantitative estimate of drug-likeness (QED) is 0.188. The zero-order chi connectivity index (χ0) is 23.4. The van der Waals surface area contributed by atoms with Crippen LogP contribution in [0.3, 0.4) is 0 Å². The zero-order valence-electron chi connectivity index (χ0n) is 20.0. The fraction of sp³-hybridized carbons (Fsp3) is 0.615. The number of ether oxygens (including phenoxy) is 2. The number of carbonyl (C=O) groups is 2. The molecule has 6 heteroatoms. The first kappa shape index (κ1) is 27.7. The molecule has 0 aliphatic rings. The van der Waals surface area contributed by atoms with Gasteiger partial charge in [-0.05, 0) is 37.8 Å². The van der Waals surface area contributed by atoms with Crippen LogP contribution < -0.4 is 10.6 Å². The molecular weight excluding hydrogens is 404 g/mol. The molecule has 2 N–H and O–H groups in total. The number of rotatable bonds is 18. The van der Waals surface area contributed by atoms with E-state index in [1.165, 1.54) is 50.5 Å². The molecule has 32 heavy (non-hydrogen) atoms. The second-order valence-corrected chi connectivity index (χ2v) is 8.30. The molecule has 0 heterocycles. The summed E-state index contributed by atoms with van der Waals surface area (Å²) in [5, 5.41) is 6.17. The summed E-state index contributed by atoms with van der Waals surface area (Å²) in [7, 11) is 0. The Labute approximate surface area is 194 Å². The molecule has 0 aliphatic carbocycles. The van der Waals surface area contributed by atoms with Crippen LogP contribution >= 0.6 is 0 Å². The molecule has 1 unspecified atom stereocenters. The van der Waals surface area contributed by atoms with E-state index in [0.29, 0.717) is 24.6 Å². The van der Waals surface area contributed by atoms with Crippen LogP contribution in [0, 0.1) is 5.92 Å². The van der Waals surface area contributed by atoms with Gasteiger partial charge >= 0.3 is 12.1 Å². The van der Waals surface area contributed by atoms with Gasteiger partial charge in [-0.1, -0.05) is 82.4 Å². The van der Waals surface area contributed by atoms with Gasteiger partial charge in [-0.2, -0.15) is 0 Å². The number of nitrogens with one attached hydrogen (secondary N) is 2. The number of benzene rings is 1. The van der Waals surface area contributed by atoms with E-state index in [1.807, 2.05) is 0 Å². The van der Waals surface area contributed by atoms with Crippen molar-refractivity contribution >= 4 is 12.1 Å². The Morgan fingerprint density at radius 2 is 1.66 bits per heavy atom. The fourth-order valence-corrected chi connectivity index (χ4v) is 3.44. The van der Waals surface area contributed by atoms with E-state index >= 15 is 0 Å². The summed E-state index contributed by atoms with van der Waals surface area (Å²) in [5.41, 5.74) is 1.70. The Bertz CT molecular complexity index is 648. The molecule has 1 atom stereocenters. The van der Waals surface area contributed by atoms with Gasteiger partial charge in [-0.3, -0.25) is 0 Å². The molecule has 0 radical (unpaired) electrons. The average Bonchev–Trinajstić information content (AvgIpc) is 2.79. The molecule has 1 rings (SSSR count). The highest BCUT2D eigenvalue weighted by molar-refractivity contribution is 5.86. The van der Waals surface area contributed by atoms with Gasteiger partial charge in [0.2, 0.25) is 0 Å². The van der Waals surface area contributed by atoms with Crippen LogP contribution in [0.2, 0.25) is 0 Å². The van der Waals surface area contributed by atoms with Crippen molar-refractivity contribution in [3.8, 4) is 0 Å². The molecule has 1 aromatic carbocycles. The topological polar surface area (TPSA) is 76.7 Å². The normalized spacial score (nSPS) is 11.6. The van der Waals surface area contributed by atoms with Crippen LogP contribution in [0.5, 0.6) is 0 Å². The lowest BCUT2D eigenvalue weighted by Crippen LogP contribution is -2.35. The zero-order valence-corrected chi connectivity index (χ0v) is 20.0. The van der Waals surface area contributed by atoms with Crippen LogP contribution in [-0.2, 0) is 20.7 Å². The molecular formula is C26H42N2O4. The third-order valence-electron chi connectivity index (χ3n) is 5.24. The molecule has 1 amide bonds. The molecule has 0 saturated carbocycles. The number of hydrogen-bond donors (Lipinski definition) is 2. The minimum atomic E-state index is -0.508. The first-order valence-corrected chi connectivity index (χ1v) is 12.0. The number of carbonyl (C=O) groups excluding carboxylic acids is 2. The van der Waals surface area contributed by atoms with Crippen LogP contribution in [0.25, 0.3) is 0 Å². The number of alkyl carbamates (subject to hydrolysis) is 1. The van der Waals surface area contributed by atoms with Crippen LogP contribution in [-0.4, -0.2) is 44.9 Å². The van der Waals surface area contributed by atoms with E-state index in [1.54, 1.807) is 6.92 Å². The van der Waals surface area contributed by atoms with Gasteiger partial charge in [0, 0.05) is 18.7 Å². The Morgan fingerprint density at radius 3 is 2.38 bits per heavy atom. The predicted molar refractivity (Wildman–Crippen MR) is 130 cm³/mol. The molecule has 0 bridgehead atoms. The van der Waals surface area contributed by atoms with Crippen LogP contribution in [0.4, 0.5) is 4.79 Å². The third-order valence-corrected chi connectivity index (χ3v) is 5.24. The van der Waals surface area contributed by atoms with Gasteiger partial charge in [0.05, 0.1) is 0 Å². The molecule has 6 nitrogen and oxygen atoms in total. The van der Waals surface area contributed by atoms with Crippen LogP contribution in [0.15, 0.2) is 42.5 Å². The molecule has 1 aromatic rings. The van der Waals surface area contributed by atoms with Crippen molar-refractivity contribution < 1.29 is 19.1 Å². The highest BCUT2D eigenvalue weighted by Gasteiger charge is 2.10. The fourth-order valence-electron chi connectivity index (χ4n) is 3.44. The summed E-state index contributed by atoms with van der Waals surface area (Å²) >= 11 is 0. The van der Waals surface area contributed by atoms with E-state index in [9.17, 15) is 9.59 Å². The van der Waals surface area contributed by atoms with E-state index in [2.05, 4.69) is 54.5 Å². The van der Waals surface area contributed by atoms with E-state index in [4.69, 9.17) is 9.47 Å². The lowest BCUT2D eigenvalue weighted by atomic mass is 9.93. The maximum atomic E-state index is 11.7. The Hall–Kier alpha value is -2.34. The monoisotopic (exact) mass is 446 g/mol. The summed E-state index contributed by atoms with van der Waals surface area (Å²) in [4.78, 5) is 22.9. The maximum Gasteiger partial charge on any atom is 0.407 e. The summed E-state index contributed by atoms with van der Waals surface area (Å²) < 4.78 is 9.86. The van der Waals surface area contributed by atoms with Gasteiger partial charge in [-0.15, -0.1) is 0 Å². The van der Waals surface area contributed by atoms with E-state index in [0.717, 1.165) is 13.0 Å². The summed E-state index contributed by atoms with van der Waals surface area (Å²) in [6, 6.07) is 10.6. The molecule has 0 fully saturated rings. The van der Waals surface area contributed by atoms with Crippen molar-refractivity contribution in [2.45, 2.75) is 65.2 Å². The van der Waals surface area contributed by atoms with Crippen molar-refractivity contribution in [1.82, 2.24) is 10.6 Å². The third kappa shape index (κ3) is 14.6. The first-order chi connectivity index (χ1) is 15.5. The Balaban J connectivity index is 2.20. The summed E-state index contributed by atoms with van der Waals surface area (Å²) in [6.07, 6.45) is 9.64. The van der Waals surface area contributed by atoms with E-state index < -0.39 is 12.1 Å². The van der Waals surface area contributed by atoms with Crippen molar-refractivity contribution in [3.63, 3.8) is 0 Å². The minimum absolute atomic E-state index is 0.0235. The van der Waals surface area contributed by atoms with Gasteiger partial charge in [0.1, 0.15) is 13.2 Å². The molecule has 0 aromatic heterocycles. The predicted octanol–water partition coefficient (Wildman–Crippen LogP) is 5.03. The van der Waals surface area contributed by atoms with Gasteiger partial charge in [-0.25, -0.2) is 9.59 Å². The summed E-state index contributed by atoms with van der Waals surface area (Å²) in [5.74, 6) is 0.0998. The Morgan fingerprint density at radius 1 is 0.969 bits per heavy atom. The highest BCUT2D eigenvalue weighted by atomic mass is 16.6. The average molecular weight is 447 g/mol. The van der Waals surface area contributed by atoms with Crippen molar-refractivity contribution in [1.29, 1.82) is 0 Å². The smallest absolute Gasteiger partial charge is 0.407 e. The summed E-state index contributed by atoms with van der Waals surface area (Å²) in [6.45, 7) is 9.45. The lowest BCUT2D eigenvalue weighted by molar-refractivity contribution is -0.139. The number of esters is 1. The van der Waals surface area contributed by atoms with Crippen molar-refractivity contribution in [2.24, 2.45) is 5.92 Å². The van der Waals surface area contributed by atoms with Crippen molar-refractivity contribution in [2.75, 3.05) is 32.8 Å². The van der Waals surface area contributed by atoms with Crippen LogP contribution in [0.1, 0.15) is 64.4 Å². The number of amides is 1. The number of hydrogen-bond acceptors (Lipinski definition) is 5. The number of unbranched alkanes of at least 4 members (excludes halogenated alkanes) is 5. The first-order valence-electron chi connectivity index (χ1n) is 12.0. The highest BCUT2D eigenvalue weighted by Crippen LogP contribution is 2.16. The van der Waals surface area contributed by atoms with Gasteiger partial charge in [0.25, 0.3) is 0 Å². The van der Waals surface area contributed by atoms with Gasteiger partial charge in [0.15, 0.2) is 0 Å². The Kier molecular flexibility index (Phi) is 15.8. The molecule has 0 saturated heterocycles. The second-order valence-electron chi connectivity index (χ2n) is 8.30. The minimum Gasteiger partial charge on any atom is -0.459 e. The second kappa shape index (κ2) is 18.3. The van der Waals surface area contributed by atoms with Crippen molar-refractivity contribution in [3.05, 3.63) is 48.0 Å². The largest absolute Gasteiger partial charge is 0.459 e. The standard InChI is InChI=1S/C26H42N2O4/c1-4-5-6-7-8-10-15-24(20-23-13-11-9-12-14-23)21-27-16-17-28-26(30)32-19-18-31-25(29)22(2)3/h9,11-14,24,27H,2,4-8,10,15-21H2,1,3H3,(H,28,30). The SMILES string of the molecule is C=C(C)C(=O)OCCOC(=O)NCCNCC(CCCCCCCC)Cc1ccccc1. The molecule has 0 spiro atoms. The van der Waals surface area contributed by atoms with E-state index in [-0.39, 0.29) is 13.2 Å². The molecule has 180 valence electrons. The maximum absolute atomic E-state index is 11.7.